The number of benzene rings is 1. The van der Waals surface area contributed by atoms with Gasteiger partial charge >= 0.3 is 0 Å². The number of thiophene rings is 1. The van der Waals surface area contributed by atoms with Gasteiger partial charge in [0.1, 0.15) is 0 Å². The molecule has 0 aliphatic rings. The standard InChI is InChI=1S/C19H26OS/c1-19(2,3)16-11-9-15(10-12-16)14-17(20)6-4-7-18-8-5-13-21-18/h5,8-13,17,20H,4,6-7,14H2,1-3H3. The molecule has 1 atom stereocenters. The maximum absolute atomic E-state index is 10.2. The quantitative estimate of drug-likeness (QED) is 0.798. The summed E-state index contributed by atoms with van der Waals surface area (Å²) in [5.74, 6) is 0. The van der Waals surface area contributed by atoms with Gasteiger partial charge in [0.25, 0.3) is 0 Å². The maximum Gasteiger partial charge on any atom is 0.0580 e. The molecule has 0 amide bonds. The molecule has 0 bridgehead atoms. The molecule has 0 saturated carbocycles. The van der Waals surface area contributed by atoms with Crippen LogP contribution in [0, 0.1) is 0 Å². The summed E-state index contributed by atoms with van der Waals surface area (Å²) in [6.45, 7) is 6.67. The lowest BCUT2D eigenvalue weighted by molar-refractivity contribution is 0.162. The molecule has 1 aromatic carbocycles. The second kappa shape index (κ2) is 7.24. The van der Waals surface area contributed by atoms with E-state index in [0.717, 1.165) is 25.7 Å². The van der Waals surface area contributed by atoms with Crippen LogP contribution in [0.5, 0.6) is 0 Å². The average molecular weight is 302 g/mol. The van der Waals surface area contributed by atoms with E-state index in [9.17, 15) is 5.11 Å². The van der Waals surface area contributed by atoms with Gasteiger partial charge in [0.2, 0.25) is 0 Å². The first-order chi connectivity index (χ1) is 9.95. The summed E-state index contributed by atoms with van der Waals surface area (Å²) >= 11 is 1.80. The molecule has 114 valence electrons. The lowest BCUT2D eigenvalue weighted by atomic mass is 9.86. The van der Waals surface area contributed by atoms with Crippen LogP contribution >= 0.6 is 11.3 Å². The highest BCUT2D eigenvalue weighted by molar-refractivity contribution is 7.09. The fourth-order valence-corrected chi connectivity index (χ4v) is 3.23. The Kier molecular flexibility index (Phi) is 5.60. The van der Waals surface area contributed by atoms with Crippen LogP contribution in [0.15, 0.2) is 41.8 Å². The SMILES string of the molecule is CC(C)(C)c1ccc(CC(O)CCCc2cccs2)cc1. The molecule has 1 aromatic heterocycles. The Morgan fingerprint density at radius 1 is 1.10 bits per heavy atom. The van der Waals surface area contributed by atoms with Crippen LogP contribution in [-0.2, 0) is 18.3 Å². The zero-order valence-electron chi connectivity index (χ0n) is 13.3. The van der Waals surface area contributed by atoms with E-state index in [1.165, 1.54) is 16.0 Å². The van der Waals surface area contributed by atoms with Crippen molar-refractivity contribution in [2.24, 2.45) is 0 Å². The zero-order valence-corrected chi connectivity index (χ0v) is 14.1. The molecule has 0 saturated heterocycles. The third-order valence-electron chi connectivity index (χ3n) is 3.83. The molecule has 21 heavy (non-hydrogen) atoms. The maximum atomic E-state index is 10.2. The van der Waals surface area contributed by atoms with Gasteiger partial charge in [-0.25, -0.2) is 0 Å². The van der Waals surface area contributed by atoms with Crippen molar-refractivity contribution in [1.82, 2.24) is 0 Å². The van der Waals surface area contributed by atoms with Gasteiger partial charge in [0.15, 0.2) is 0 Å². The molecule has 2 aromatic rings. The van der Waals surface area contributed by atoms with E-state index in [4.69, 9.17) is 0 Å². The number of aliphatic hydroxyl groups is 1. The Labute approximate surface area is 132 Å². The summed E-state index contributed by atoms with van der Waals surface area (Å²) in [4.78, 5) is 1.41. The Hall–Kier alpha value is -1.12. The van der Waals surface area contributed by atoms with E-state index in [1.807, 2.05) is 0 Å². The van der Waals surface area contributed by atoms with E-state index < -0.39 is 0 Å². The minimum atomic E-state index is -0.231. The number of hydrogen-bond acceptors (Lipinski definition) is 2. The summed E-state index contributed by atoms with van der Waals surface area (Å²) in [6, 6.07) is 12.9. The van der Waals surface area contributed by atoms with Crippen LogP contribution in [0.1, 0.15) is 49.6 Å². The smallest absolute Gasteiger partial charge is 0.0580 e. The Morgan fingerprint density at radius 3 is 2.38 bits per heavy atom. The average Bonchev–Trinajstić information content (AvgIpc) is 2.91. The molecule has 1 heterocycles. The van der Waals surface area contributed by atoms with Crippen molar-refractivity contribution in [3.05, 3.63) is 57.8 Å². The summed E-state index contributed by atoms with van der Waals surface area (Å²) < 4.78 is 0. The van der Waals surface area contributed by atoms with Crippen LogP contribution in [0.3, 0.4) is 0 Å². The van der Waals surface area contributed by atoms with Crippen LogP contribution in [0.2, 0.25) is 0 Å². The first-order valence-corrected chi connectivity index (χ1v) is 8.63. The van der Waals surface area contributed by atoms with E-state index in [2.05, 4.69) is 62.5 Å². The summed E-state index contributed by atoms with van der Waals surface area (Å²) in [7, 11) is 0. The van der Waals surface area contributed by atoms with Crippen molar-refractivity contribution in [1.29, 1.82) is 0 Å². The predicted molar refractivity (Wildman–Crippen MR) is 92.1 cm³/mol. The van der Waals surface area contributed by atoms with Crippen LogP contribution < -0.4 is 0 Å². The third-order valence-corrected chi connectivity index (χ3v) is 4.77. The van der Waals surface area contributed by atoms with Gasteiger partial charge in [-0.1, -0.05) is 51.1 Å². The minimum absolute atomic E-state index is 0.192. The van der Waals surface area contributed by atoms with Gasteiger partial charge in [-0.3, -0.25) is 0 Å². The van der Waals surface area contributed by atoms with Gasteiger partial charge in [0, 0.05) is 4.88 Å². The highest BCUT2D eigenvalue weighted by Crippen LogP contribution is 2.22. The Bertz CT molecular complexity index is 520. The Morgan fingerprint density at radius 2 is 1.81 bits per heavy atom. The predicted octanol–water partition coefficient (Wildman–Crippen LogP) is 4.97. The summed E-state index contributed by atoms with van der Waals surface area (Å²) in [5.41, 5.74) is 2.77. The number of aryl methyl sites for hydroxylation is 1. The monoisotopic (exact) mass is 302 g/mol. The number of hydrogen-bond donors (Lipinski definition) is 1. The van der Waals surface area contributed by atoms with Crippen molar-refractivity contribution in [3.63, 3.8) is 0 Å². The van der Waals surface area contributed by atoms with Gasteiger partial charge < -0.3 is 5.11 Å². The highest BCUT2D eigenvalue weighted by Gasteiger charge is 2.13. The molecule has 1 N–H and O–H groups in total. The largest absolute Gasteiger partial charge is 0.393 e. The molecule has 1 nitrogen and oxygen atoms in total. The van der Waals surface area contributed by atoms with Gasteiger partial charge in [0.05, 0.1) is 6.10 Å². The molecule has 1 unspecified atom stereocenters. The van der Waals surface area contributed by atoms with Gasteiger partial charge in [-0.15, -0.1) is 11.3 Å². The Balaban J connectivity index is 1.78. The molecule has 0 spiro atoms. The molecule has 0 fully saturated rings. The topological polar surface area (TPSA) is 20.2 Å². The van der Waals surface area contributed by atoms with Crippen molar-refractivity contribution >= 4 is 11.3 Å². The second-order valence-electron chi connectivity index (χ2n) is 6.78. The van der Waals surface area contributed by atoms with E-state index in [0.29, 0.717) is 0 Å². The van der Waals surface area contributed by atoms with E-state index in [1.54, 1.807) is 11.3 Å². The lowest BCUT2D eigenvalue weighted by Gasteiger charge is -2.19. The van der Waals surface area contributed by atoms with Gasteiger partial charge in [-0.05, 0) is 53.7 Å². The second-order valence-corrected chi connectivity index (χ2v) is 7.81. The highest BCUT2D eigenvalue weighted by atomic mass is 32.1. The first kappa shape index (κ1) is 16.3. The molecular weight excluding hydrogens is 276 g/mol. The van der Waals surface area contributed by atoms with Crippen molar-refractivity contribution in [3.8, 4) is 0 Å². The van der Waals surface area contributed by atoms with Crippen molar-refractivity contribution in [2.75, 3.05) is 0 Å². The molecular formula is C19H26OS. The van der Waals surface area contributed by atoms with Crippen LogP contribution in [-0.4, -0.2) is 11.2 Å². The number of rotatable bonds is 6. The van der Waals surface area contributed by atoms with Crippen LogP contribution in [0.4, 0.5) is 0 Å². The van der Waals surface area contributed by atoms with E-state index >= 15 is 0 Å². The van der Waals surface area contributed by atoms with Crippen molar-refractivity contribution < 1.29 is 5.11 Å². The fourth-order valence-electron chi connectivity index (χ4n) is 2.48. The van der Waals surface area contributed by atoms with Gasteiger partial charge in [-0.2, -0.15) is 0 Å². The molecule has 2 rings (SSSR count). The molecule has 0 aliphatic carbocycles. The first-order valence-electron chi connectivity index (χ1n) is 7.75. The zero-order chi connectivity index (χ0) is 15.3. The molecule has 0 aliphatic heterocycles. The third kappa shape index (κ3) is 5.29. The minimum Gasteiger partial charge on any atom is -0.393 e. The van der Waals surface area contributed by atoms with Crippen LogP contribution in [0.25, 0.3) is 0 Å². The molecule has 2 heteroatoms. The lowest BCUT2D eigenvalue weighted by Crippen LogP contribution is -2.13. The van der Waals surface area contributed by atoms with Crippen molar-refractivity contribution in [2.45, 2.75) is 58.0 Å². The number of aliphatic hydroxyl groups excluding tert-OH is 1. The molecule has 0 radical (unpaired) electrons. The normalized spacial score (nSPS) is 13.3. The summed E-state index contributed by atoms with van der Waals surface area (Å²) in [5, 5.41) is 12.3. The fraction of sp³-hybridized carbons (Fsp3) is 0.474. The summed E-state index contributed by atoms with van der Waals surface area (Å²) in [6.07, 6.45) is 3.54. The van der Waals surface area contributed by atoms with E-state index in [-0.39, 0.29) is 11.5 Å².